The Morgan fingerprint density at radius 1 is 1.67 bits per heavy atom. The summed E-state index contributed by atoms with van der Waals surface area (Å²) in [6.45, 7) is 5.92. The third-order valence-electron chi connectivity index (χ3n) is 2.25. The van der Waals surface area contributed by atoms with Crippen molar-refractivity contribution in [1.29, 1.82) is 0 Å². The first-order valence-electron chi connectivity index (χ1n) is 5.20. The fourth-order valence-electron chi connectivity index (χ4n) is 1.49. The van der Waals surface area contributed by atoms with Crippen LogP contribution in [0, 0.1) is 6.92 Å². The normalized spacial score (nSPS) is 19.9. The molecule has 0 saturated carbocycles. The summed E-state index contributed by atoms with van der Waals surface area (Å²) in [5.74, 6) is 0.925. The van der Waals surface area contributed by atoms with E-state index in [4.69, 9.17) is 0 Å². The van der Waals surface area contributed by atoms with Crippen LogP contribution in [0.3, 0.4) is 0 Å². The fourth-order valence-corrected chi connectivity index (χ4v) is 2.14. The Bertz CT molecular complexity index is 358. The maximum absolute atomic E-state index is 4.41. The largest absolute Gasteiger partial charge is 0.356 e. The minimum absolute atomic E-state index is 0.467. The molecular formula is C10H16N4S. The van der Waals surface area contributed by atoms with Crippen LogP contribution in [-0.2, 0) is 6.42 Å². The second-order valence-electron chi connectivity index (χ2n) is 3.77. The predicted molar refractivity (Wildman–Crippen MR) is 63.5 cm³/mol. The highest BCUT2D eigenvalue weighted by atomic mass is 32.1. The molecule has 0 aliphatic carbocycles. The third kappa shape index (κ3) is 2.92. The van der Waals surface area contributed by atoms with Crippen molar-refractivity contribution >= 4 is 17.3 Å². The quantitative estimate of drug-likeness (QED) is 0.803. The van der Waals surface area contributed by atoms with Crippen LogP contribution >= 0.6 is 11.3 Å². The number of hydrogen-bond acceptors (Lipinski definition) is 5. The lowest BCUT2D eigenvalue weighted by atomic mass is 10.3. The molecule has 1 aromatic rings. The highest BCUT2D eigenvalue weighted by Gasteiger charge is 2.11. The van der Waals surface area contributed by atoms with Crippen LogP contribution in [-0.4, -0.2) is 30.1 Å². The third-order valence-corrected chi connectivity index (χ3v) is 3.07. The van der Waals surface area contributed by atoms with Gasteiger partial charge in [-0.05, 0) is 13.8 Å². The first-order valence-corrected chi connectivity index (χ1v) is 6.08. The summed E-state index contributed by atoms with van der Waals surface area (Å²) < 4.78 is 0. The van der Waals surface area contributed by atoms with Crippen molar-refractivity contribution in [2.75, 3.05) is 13.1 Å². The molecular weight excluding hydrogens is 208 g/mol. The molecule has 0 radical (unpaired) electrons. The van der Waals surface area contributed by atoms with E-state index in [0.29, 0.717) is 6.04 Å². The van der Waals surface area contributed by atoms with Gasteiger partial charge in [-0.25, -0.2) is 4.98 Å². The fraction of sp³-hybridized carbons (Fsp3) is 0.600. The van der Waals surface area contributed by atoms with Gasteiger partial charge >= 0.3 is 0 Å². The molecule has 2 N–H and O–H groups in total. The van der Waals surface area contributed by atoms with Gasteiger partial charge in [0, 0.05) is 24.4 Å². The van der Waals surface area contributed by atoms with Crippen molar-refractivity contribution in [2.45, 2.75) is 26.3 Å². The highest BCUT2D eigenvalue weighted by Crippen LogP contribution is 2.07. The van der Waals surface area contributed by atoms with Gasteiger partial charge < -0.3 is 10.6 Å². The molecule has 0 bridgehead atoms. The van der Waals surface area contributed by atoms with E-state index in [0.717, 1.165) is 36.2 Å². The lowest BCUT2D eigenvalue weighted by molar-refractivity contribution is 0.711. The molecule has 0 aromatic carbocycles. The number of rotatable bonds is 3. The Kier molecular flexibility index (Phi) is 3.20. The molecule has 82 valence electrons. The van der Waals surface area contributed by atoms with E-state index in [1.807, 2.05) is 6.92 Å². The average Bonchev–Trinajstić information content (AvgIpc) is 2.76. The number of aryl methyl sites for hydroxylation is 1. The summed E-state index contributed by atoms with van der Waals surface area (Å²) in [4.78, 5) is 8.74. The monoisotopic (exact) mass is 224 g/mol. The maximum Gasteiger partial charge on any atom is 0.191 e. The number of thiazole rings is 1. The van der Waals surface area contributed by atoms with Crippen LogP contribution in [0.2, 0.25) is 0 Å². The summed E-state index contributed by atoms with van der Waals surface area (Å²) in [7, 11) is 0. The van der Waals surface area contributed by atoms with E-state index in [1.54, 1.807) is 11.3 Å². The minimum atomic E-state index is 0.467. The van der Waals surface area contributed by atoms with E-state index in [2.05, 4.69) is 32.9 Å². The Morgan fingerprint density at radius 3 is 3.13 bits per heavy atom. The zero-order valence-electron chi connectivity index (χ0n) is 9.08. The van der Waals surface area contributed by atoms with Gasteiger partial charge in [0.2, 0.25) is 0 Å². The Labute approximate surface area is 93.8 Å². The topological polar surface area (TPSA) is 49.3 Å². The number of nitrogens with one attached hydrogen (secondary N) is 2. The summed E-state index contributed by atoms with van der Waals surface area (Å²) in [5.41, 5.74) is 1.16. The summed E-state index contributed by atoms with van der Waals surface area (Å²) in [5, 5.41) is 9.79. The van der Waals surface area contributed by atoms with E-state index >= 15 is 0 Å². The van der Waals surface area contributed by atoms with Crippen molar-refractivity contribution in [1.82, 2.24) is 15.6 Å². The molecule has 0 saturated heterocycles. The van der Waals surface area contributed by atoms with Crippen LogP contribution in [0.5, 0.6) is 0 Å². The van der Waals surface area contributed by atoms with Gasteiger partial charge in [0.25, 0.3) is 0 Å². The van der Waals surface area contributed by atoms with Crippen molar-refractivity contribution in [3.05, 3.63) is 16.1 Å². The molecule has 1 aliphatic heterocycles. The molecule has 4 nitrogen and oxygen atoms in total. The second-order valence-corrected chi connectivity index (χ2v) is 4.83. The smallest absolute Gasteiger partial charge is 0.191 e. The average molecular weight is 224 g/mol. The molecule has 1 aliphatic rings. The van der Waals surface area contributed by atoms with E-state index < -0.39 is 0 Å². The van der Waals surface area contributed by atoms with Gasteiger partial charge in [-0.1, -0.05) is 0 Å². The number of nitrogens with zero attached hydrogens (tertiary/aromatic N) is 2. The van der Waals surface area contributed by atoms with E-state index in [-0.39, 0.29) is 0 Å². The van der Waals surface area contributed by atoms with Gasteiger partial charge in [-0.3, -0.25) is 4.99 Å². The molecule has 5 heteroatoms. The first-order chi connectivity index (χ1) is 7.24. The molecule has 15 heavy (non-hydrogen) atoms. The first kappa shape index (κ1) is 10.4. The minimum Gasteiger partial charge on any atom is -0.356 e. The van der Waals surface area contributed by atoms with Gasteiger partial charge in [0.1, 0.15) is 0 Å². The lowest BCUT2D eigenvalue weighted by Gasteiger charge is -2.07. The molecule has 1 atom stereocenters. The van der Waals surface area contributed by atoms with Gasteiger partial charge in [-0.2, -0.15) is 0 Å². The van der Waals surface area contributed by atoms with Crippen molar-refractivity contribution in [3.63, 3.8) is 0 Å². The van der Waals surface area contributed by atoms with Crippen molar-refractivity contribution in [2.24, 2.45) is 4.99 Å². The SMILES string of the molecule is Cc1nc(CCNC2=NCC(C)N2)cs1. The summed E-state index contributed by atoms with van der Waals surface area (Å²) in [6.07, 6.45) is 0.958. The summed E-state index contributed by atoms with van der Waals surface area (Å²) in [6, 6.07) is 0.467. The molecule has 1 aromatic heterocycles. The number of aromatic nitrogens is 1. The van der Waals surface area contributed by atoms with Crippen LogP contribution in [0.25, 0.3) is 0 Å². The molecule has 0 spiro atoms. The van der Waals surface area contributed by atoms with Gasteiger partial charge in [-0.15, -0.1) is 11.3 Å². The molecule has 1 unspecified atom stereocenters. The second kappa shape index (κ2) is 4.61. The Hall–Kier alpha value is -1.10. The molecule has 2 heterocycles. The molecule has 0 fully saturated rings. The Morgan fingerprint density at radius 2 is 2.53 bits per heavy atom. The number of hydrogen-bond donors (Lipinski definition) is 2. The van der Waals surface area contributed by atoms with Gasteiger partial charge in [0.05, 0.1) is 17.2 Å². The summed E-state index contributed by atoms with van der Waals surface area (Å²) >= 11 is 1.70. The van der Waals surface area contributed by atoms with Crippen LogP contribution < -0.4 is 10.6 Å². The van der Waals surface area contributed by atoms with Crippen molar-refractivity contribution in [3.8, 4) is 0 Å². The lowest BCUT2D eigenvalue weighted by Crippen LogP contribution is -2.38. The zero-order chi connectivity index (χ0) is 10.7. The van der Waals surface area contributed by atoms with Crippen LogP contribution in [0.15, 0.2) is 10.4 Å². The maximum atomic E-state index is 4.41. The predicted octanol–water partition coefficient (Wildman–Crippen LogP) is 0.931. The molecule has 0 amide bonds. The molecule has 2 rings (SSSR count). The van der Waals surface area contributed by atoms with E-state index in [9.17, 15) is 0 Å². The highest BCUT2D eigenvalue weighted by molar-refractivity contribution is 7.09. The number of guanidine groups is 1. The standard InChI is InChI=1S/C10H16N4S/c1-7-5-12-10(13-7)11-4-3-9-6-15-8(2)14-9/h6-7H,3-5H2,1-2H3,(H2,11,12,13). The van der Waals surface area contributed by atoms with Gasteiger partial charge in [0.15, 0.2) is 5.96 Å². The number of aliphatic imine (C=N–C) groups is 1. The van der Waals surface area contributed by atoms with E-state index in [1.165, 1.54) is 0 Å². The van der Waals surface area contributed by atoms with Crippen LogP contribution in [0.1, 0.15) is 17.6 Å². The zero-order valence-corrected chi connectivity index (χ0v) is 9.90. The Balaban J connectivity index is 1.71. The van der Waals surface area contributed by atoms with Crippen molar-refractivity contribution < 1.29 is 0 Å². The van der Waals surface area contributed by atoms with Crippen LogP contribution in [0.4, 0.5) is 0 Å².